The molecule has 21 heavy (non-hydrogen) atoms. The molecule has 2 aromatic carbocycles. The summed E-state index contributed by atoms with van der Waals surface area (Å²) in [6.45, 7) is 4.32. The first-order valence-corrected chi connectivity index (χ1v) is 7.43. The highest BCUT2D eigenvalue weighted by Gasteiger charge is 2.14. The Labute approximate surface area is 129 Å². The number of nitrogen functional groups attached to an aromatic ring is 1. The number of halogens is 1. The molecule has 2 N–H and O–H groups in total. The molecule has 0 aliphatic rings. The third kappa shape index (κ3) is 2.74. The van der Waals surface area contributed by atoms with E-state index in [1.165, 1.54) is 5.56 Å². The van der Waals surface area contributed by atoms with Crippen LogP contribution < -0.4 is 5.73 Å². The van der Waals surface area contributed by atoms with E-state index in [2.05, 4.69) is 24.5 Å². The number of rotatable bonds is 3. The Morgan fingerprint density at radius 1 is 1.19 bits per heavy atom. The van der Waals surface area contributed by atoms with Crippen molar-refractivity contribution >= 4 is 28.3 Å². The molecule has 0 amide bonds. The minimum Gasteiger partial charge on any atom is -0.399 e. The molecule has 3 aromatic rings. The highest BCUT2D eigenvalue weighted by molar-refractivity contribution is 6.31. The van der Waals surface area contributed by atoms with Crippen LogP contribution in [-0.2, 0) is 6.42 Å². The van der Waals surface area contributed by atoms with Gasteiger partial charge < -0.3 is 10.3 Å². The van der Waals surface area contributed by atoms with E-state index in [1.807, 2.05) is 36.4 Å². The van der Waals surface area contributed by atoms with Gasteiger partial charge in [-0.3, -0.25) is 0 Å². The van der Waals surface area contributed by atoms with Crippen molar-refractivity contribution in [2.75, 3.05) is 5.73 Å². The van der Waals surface area contributed by atoms with Crippen LogP contribution in [0.15, 0.2) is 42.5 Å². The van der Waals surface area contributed by atoms with E-state index in [9.17, 15) is 0 Å². The molecule has 0 saturated heterocycles. The molecule has 1 aromatic heterocycles. The van der Waals surface area contributed by atoms with Crippen molar-refractivity contribution in [2.24, 2.45) is 0 Å². The first-order valence-electron chi connectivity index (χ1n) is 7.05. The molecular weight excluding hydrogens is 282 g/mol. The van der Waals surface area contributed by atoms with Crippen molar-refractivity contribution in [3.63, 3.8) is 0 Å². The van der Waals surface area contributed by atoms with Gasteiger partial charge >= 0.3 is 0 Å². The van der Waals surface area contributed by atoms with Crippen molar-refractivity contribution in [1.82, 2.24) is 9.55 Å². The summed E-state index contributed by atoms with van der Waals surface area (Å²) >= 11 is 6.13. The molecule has 3 nitrogen and oxygen atoms in total. The molecule has 1 heterocycles. The fourth-order valence-corrected chi connectivity index (χ4v) is 2.87. The molecule has 0 atom stereocenters. The van der Waals surface area contributed by atoms with Gasteiger partial charge in [0.25, 0.3) is 0 Å². The van der Waals surface area contributed by atoms with Crippen molar-refractivity contribution in [2.45, 2.75) is 26.3 Å². The molecule has 108 valence electrons. The summed E-state index contributed by atoms with van der Waals surface area (Å²) in [6, 6.07) is 14.1. The number of nitrogens with zero attached hydrogens (tertiary/aromatic N) is 2. The molecular formula is C17H18ClN3. The molecule has 0 aliphatic heterocycles. The van der Waals surface area contributed by atoms with E-state index in [4.69, 9.17) is 22.3 Å². The number of hydrogen-bond acceptors (Lipinski definition) is 2. The number of fused-ring (bicyclic) bond motifs is 1. The predicted molar refractivity (Wildman–Crippen MR) is 88.8 cm³/mol. The summed E-state index contributed by atoms with van der Waals surface area (Å²) < 4.78 is 2.24. The average molecular weight is 300 g/mol. The topological polar surface area (TPSA) is 43.8 Å². The molecule has 0 bridgehead atoms. The fraction of sp³-hybridized carbons (Fsp3) is 0.235. The smallest absolute Gasteiger partial charge is 0.114 e. The van der Waals surface area contributed by atoms with Gasteiger partial charge in [0, 0.05) is 23.2 Å². The highest BCUT2D eigenvalue weighted by atomic mass is 35.5. The summed E-state index contributed by atoms with van der Waals surface area (Å²) in [4.78, 5) is 4.76. The van der Waals surface area contributed by atoms with Crippen LogP contribution in [0.3, 0.4) is 0 Å². The maximum atomic E-state index is 6.13. The van der Waals surface area contributed by atoms with E-state index < -0.39 is 0 Å². The van der Waals surface area contributed by atoms with Gasteiger partial charge in [-0.05, 0) is 49.7 Å². The number of hydrogen-bond donors (Lipinski definition) is 1. The molecule has 0 unspecified atom stereocenters. The average Bonchev–Trinajstić information content (AvgIpc) is 2.75. The third-order valence-corrected chi connectivity index (χ3v) is 3.79. The normalized spacial score (nSPS) is 11.4. The molecule has 4 heteroatoms. The second-order valence-corrected chi connectivity index (χ2v) is 5.98. The monoisotopic (exact) mass is 299 g/mol. The molecule has 0 radical (unpaired) electrons. The van der Waals surface area contributed by atoms with Crippen LogP contribution in [0.5, 0.6) is 0 Å². The van der Waals surface area contributed by atoms with Gasteiger partial charge in [0.05, 0.1) is 11.0 Å². The molecule has 0 saturated carbocycles. The number of imidazole rings is 1. The minimum atomic E-state index is 0.324. The van der Waals surface area contributed by atoms with Crippen molar-refractivity contribution < 1.29 is 0 Å². The van der Waals surface area contributed by atoms with Gasteiger partial charge in [-0.1, -0.05) is 23.7 Å². The van der Waals surface area contributed by atoms with E-state index in [0.717, 1.165) is 34.0 Å². The standard InChI is InChI=1S/C17H18ClN3/c1-11(2)21-16-10-13(18)6-7-15(16)20-17(21)9-12-4-3-5-14(19)8-12/h3-8,10-11H,9,19H2,1-2H3. The van der Waals surface area contributed by atoms with Crippen LogP contribution in [0.4, 0.5) is 5.69 Å². The van der Waals surface area contributed by atoms with E-state index in [0.29, 0.717) is 6.04 Å². The van der Waals surface area contributed by atoms with Crippen LogP contribution in [0.2, 0.25) is 5.02 Å². The van der Waals surface area contributed by atoms with E-state index in [1.54, 1.807) is 0 Å². The lowest BCUT2D eigenvalue weighted by Crippen LogP contribution is -2.07. The molecule has 3 rings (SSSR count). The number of nitrogens with two attached hydrogens (primary N) is 1. The summed E-state index contributed by atoms with van der Waals surface area (Å²) in [5.74, 6) is 1.04. The SMILES string of the molecule is CC(C)n1c(Cc2cccc(N)c2)nc2ccc(Cl)cc21. The van der Waals surface area contributed by atoms with Crippen LogP contribution in [0.1, 0.15) is 31.3 Å². The quantitative estimate of drug-likeness (QED) is 0.726. The Morgan fingerprint density at radius 2 is 2.00 bits per heavy atom. The lowest BCUT2D eigenvalue weighted by molar-refractivity contribution is 0.591. The minimum absolute atomic E-state index is 0.324. The first kappa shape index (κ1) is 14.0. The Hall–Kier alpha value is -2.00. The lowest BCUT2D eigenvalue weighted by atomic mass is 10.1. The summed E-state index contributed by atoms with van der Waals surface area (Å²) in [7, 11) is 0. The van der Waals surface area contributed by atoms with Crippen molar-refractivity contribution in [1.29, 1.82) is 0 Å². The van der Waals surface area contributed by atoms with E-state index >= 15 is 0 Å². The number of aromatic nitrogens is 2. The predicted octanol–water partition coefficient (Wildman–Crippen LogP) is 4.44. The van der Waals surface area contributed by atoms with Crippen molar-refractivity contribution in [3.05, 3.63) is 58.9 Å². The van der Waals surface area contributed by atoms with Gasteiger partial charge in [0.15, 0.2) is 0 Å². The zero-order valence-electron chi connectivity index (χ0n) is 12.2. The van der Waals surface area contributed by atoms with Gasteiger partial charge in [0.1, 0.15) is 5.82 Å². The van der Waals surface area contributed by atoms with Crippen molar-refractivity contribution in [3.8, 4) is 0 Å². The van der Waals surface area contributed by atoms with Gasteiger partial charge in [-0.15, -0.1) is 0 Å². The number of anilines is 1. The largest absolute Gasteiger partial charge is 0.399 e. The van der Waals surface area contributed by atoms with Crippen LogP contribution in [-0.4, -0.2) is 9.55 Å². The summed E-state index contributed by atoms with van der Waals surface area (Å²) in [6.07, 6.45) is 0.759. The summed E-state index contributed by atoms with van der Waals surface area (Å²) in [5, 5.41) is 0.736. The first-order chi connectivity index (χ1) is 10.0. The zero-order valence-corrected chi connectivity index (χ0v) is 12.9. The Kier molecular flexibility index (Phi) is 3.60. The highest BCUT2D eigenvalue weighted by Crippen LogP contribution is 2.25. The maximum Gasteiger partial charge on any atom is 0.114 e. The molecule has 0 fully saturated rings. The van der Waals surface area contributed by atoms with E-state index in [-0.39, 0.29) is 0 Å². The van der Waals surface area contributed by atoms with Gasteiger partial charge in [0.2, 0.25) is 0 Å². The van der Waals surface area contributed by atoms with Crippen LogP contribution in [0, 0.1) is 0 Å². The maximum absolute atomic E-state index is 6.13. The van der Waals surface area contributed by atoms with Gasteiger partial charge in [-0.25, -0.2) is 4.98 Å². The second-order valence-electron chi connectivity index (χ2n) is 5.55. The van der Waals surface area contributed by atoms with Crippen LogP contribution >= 0.6 is 11.6 Å². The fourth-order valence-electron chi connectivity index (χ4n) is 2.70. The third-order valence-electron chi connectivity index (χ3n) is 3.55. The zero-order chi connectivity index (χ0) is 15.0. The second kappa shape index (κ2) is 5.41. The lowest BCUT2D eigenvalue weighted by Gasteiger charge is -2.13. The number of benzene rings is 2. The summed E-state index contributed by atoms with van der Waals surface area (Å²) in [5.41, 5.74) is 9.86. The molecule has 0 spiro atoms. The molecule has 0 aliphatic carbocycles. The Balaban J connectivity index is 2.11. The van der Waals surface area contributed by atoms with Gasteiger partial charge in [-0.2, -0.15) is 0 Å². The Morgan fingerprint density at radius 3 is 2.71 bits per heavy atom. The van der Waals surface area contributed by atoms with Crippen LogP contribution in [0.25, 0.3) is 11.0 Å². The Bertz CT molecular complexity index is 790.